The normalized spacial score (nSPS) is 19.7. The minimum Gasteiger partial charge on any atom is -0.376 e. The molecule has 1 aliphatic rings. The highest BCUT2D eigenvalue weighted by atomic mass is 35.5. The number of nitrogens with one attached hydrogen (secondary N) is 1. The summed E-state index contributed by atoms with van der Waals surface area (Å²) in [5.74, 6) is 0.704. The first-order valence-electron chi connectivity index (χ1n) is 5.79. The van der Waals surface area contributed by atoms with Gasteiger partial charge in [-0.2, -0.15) is 0 Å². The van der Waals surface area contributed by atoms with E-state index in [1.54, 1.807) is 11.3 Å². The minimum absolute atomic E-state index is 0.236. The van der Waals surface area contributed by atoms with Crippen LogP contribution in [0.2, 0.25) is 5.02 Å². The second-order valence-electron chi connectivity index (χ2n) is 4.16. The molecule has 0 amide bonds. The predicted molar refractivity (Wildman–Crippen MR) is 69.3 cm³/mol. The smallest absolute Gasteiger partial charge is 0.0806 e. The summed E-state index contributed by atoms with van der Waals surface area (Å²) in [7, 11) is 1.98. The van der Waals surface area contributed by atoms with Crippen LogP contribution in [0.4, 0.5) is 0 Å². The zero-order chi connectivity index (χ0) is 11.5. The van der Waals surface area contributed by atoms with Gasteiger partial charge in [-0.25, -0.2) is 0 Å². The lowest BCUT2D eigenvalue weighted by molar-refractivity contribution is 0.0213. The fourth-order valence-electron chi connectivity index (χ4n) is 2.09. The van der Waals surface area contributed by atoms with Crippen LogP contribution < -0.4 is 5.32 Å². The van der Waals surface area contributed by atoms with Crippen molar-refractivity contribution in [3.05, 3.63) is 21.3 Å². The van der Waals surface area contributed by atoms with E-state index in [1.807, 2.05) is 18.5 Å². The SMILES string of the molecule is CCOC(C1CC1)C(NC)c1sccc1Cl. The summed E-state index contributed by atoms with van der Waals surface area (Å²) < 4.78 is 5.88. The third-order valence-electron chi connectivity index (χ3n) is 3.01. The molecule has 2 nitrogen and oxygen atoms in total. The van der Waals surface area contributed by atoms with Crippen molar-refractivity contribution in [1.82, 2.24) is 5.32 Å². The Morgan fingerprint density at radius 2 is 2.38 bits per heavy atom. The van der Waals surface area contributed by atoms with Crippen LogP contribution >= 0.6 is 22.9 Å². The summed E-state index contributed by atoms with van der Waals surface area (Å²) in [6.45, 7) is 2.82. The second kappa shape index (κ2) is 5.50. The van der Waals surface area contributed by atoms with Crippen molar-refractivity contribution in [3.63, 3.8) is 0 Å². The number of hydrogen-bond acceptors (Lipinski definition) is 3. The van der Waals surface area contributed by atoms with Crippen LogP contribution in [0.15, 0.2) is 11.4 Å². The molecule has 0 saturated heterocycles. The average Bonchev–Trinajstić information content (AvgIpc) is 3.03. The van der Waals surface area contributed by atoms with Crippen molar-refractivity contribution in [2.75, 3.05) is 13.7 Å². The summed E-state index contributed by atoms with van der Waals surface area (Å²) in [5.41, 5.74) is 0. The maximum absolute atomic E-state index is 6.20. The third kappa shape index (κ3) is 2.59. The molecule has 1 fully saturated rings. The highest BCUT2D eigenvalue weighted by Crippen LogP contribution is 2.42. The van der Waals surface area contributed by atoms with Crippen molar-refractivity contribution in [3.8, 4) is 0 Å². The van der Waals surface area contributed by atoms with E-state index in [9.17, 15) is 0 Å². The Kier molecular flexibility index (Phi) is 4.25. The molecule has 4 heteroatoms. The molecule has 0 aliphatic heterocycles. The van der Waals surface area contributed by atoms with Gasteiger partial charge in [0.05, 0.1) is 17.2 Å². The van der Waals surface area contributed by atoms with Crippen molar-refractivity contribution >= 4 is 22.9 Å². The maximum atomic E-state index is 6.20. The molecule has 2 unspecified atom stereocenters. The Morgan fingerprint density at radius 3 is 2.81 bits per heavy atom. The zero-order valence-electron chi connectivity index (χ0n) is 9.70. The highest BCUT2D eigenvalue weighted by Gasteiger charge is 2.38. The number of rotatable bonds is 6. The molecular weight excluding hydrogens is 242 g/mol. The largest absolute Gasteiger partial charge is 0.376 e. The van der Waals surface area contributed by atoms with Gasteiger partial charge >= 0.3 is 0 Å². The molecular formula is C12H18ClNOS. The fraction of sp³-hybridized carbons (Fsp3) is 0.667. The minimum atomic E-state index is 0.236. The van der Waals surface area contributed by atoms with E-state index in [-0.39, 0.29) is 12.1 Å². The molecule has 0 radical (unpaired) electrons. The topological polar surface area (TPSA) is 21.3 Å². The quantitative estimate of drug-likeness (QED) is 0.845. The first kappa shape index (κ1) is 12.4. The summed E-state index contributed by atoms with van der Waals surface area (Å²) in [5, 5.41) is 6.25. The van der Waals surface area contributed by atoms with Crippen molar-refractivity contribution in [2.45, 2.75) is 31.9 Å². The molecule has 0 spiro atoms. The summed E-state index contributed by atoms with van der Waals surface area (Å²) >= 11 is 7.90. The van der Waals surface area contributed by atoms with Gasteiger partial charge in [0, 0.05) is 11.5 Å². The van der Waals surface area contributed by atoms with Gasteiger partial charge in [0.25, 0.3) is 0 Å². The lowest BCUT2D eigenvalue weighted by Gasteiger charge is -2.26. The summed E-state index contributed by atoms with van der Waals surface area (Å²) in [6, 6.07) is 2.20. The maximum Gasteiger partial charge on any atom is 0.0806 e. The number of likely N-dealkylation sites (N-methyl/N-ethyl adjacent to an activating group) is 1. The molecule has 1 N–H and O–H groups in total. The van der Waals surface area contributed by atoms with Crippen LogP contribution in [-0.4, -0.2) is 19.8 Å². The van der Waals surface area contributed by atoms with Gasteiger partial charge in [-0.1, -0.05) is 11.6 Å². The molecule has 16 heavy (non-hydrogen) atoms. The van der Waals surface area contributed by atoms with Crippen molar-refractivity contribution < 1.29 is 4.74 Å². The fourth-order valence-corrected chi connectivity index (χ4v) is 3.41. The van der Waals surface area contributed by atoms with E-state index in [4.69, 9.17) is 16.3 Å². The molecule has 1 aliphatic carbocycles. The first-order valence-corrected chi connectivity index (χ1v) is 7.05. The van der Waals surface area contributed by atoms with E-state index >= 15 is 0 Å². The average molecular weight is 260 g/mol. The van der Waals surface area contributed by atoms with Crippen LogP contribution in [0.25, 0.3) is 0 Å². The molecule has 2 rings (SSSR count). The van der Waals surface area contributed by atoms with Crippen LogP contribution in [0.1, 0.15) is 30.7 Å². The molecule has 1 saturated carbocycles. The summed E-state index contributed by atoms with van der Waals surface area (Å²) in [6.07, 6.45) is 2.84. The van der Waals surface area contributed by atoms with Crippen molar-refractivity contribution in [2.24, 2.45) is 5.92 Å². The Balaban J connectivity index is 2.16. The number of thiophene rings is 1. The van der Waals surface area contributed by atoms with E-state index < -0.39 is 0 Å². The Bertz CT molecular complexity index is 338. The Labute approximate surface area is 106 Å². The second-order valence-corrected chi connectivity index (χ2v) is 5.51. The number of halogens is 1. The van der Waals surface area contributed by atoms with Crippen molar-refractivity contribution in [1.29, 1.82) is 0 Å². The van der Waals surface area contributed by atoms with E-state index in [0.29, 0.717) is 5.92 Å². The zero-order valence-corrected chi connectivity index (χ0v) is 11.3. The Morgan fingerprint density at radius 1 is 1.62 bits per heavy atom. The molecule has 1 heterocycles. The number of hydrogen-bond donors (Lipinski definition) is 1. The molecule has 1 aromatic rings. The van der Waals surface area contributed by atoms with Crippen LogP contribution in [0.3, 0.4) is 0 Å². The van der Waals surface area contributed by atoms with Gasteiger partial charge in [0.1, 0.15) is 0 Å². The van der Waals surface area contributed by atoms with Crippen LogP contribution in [0.5, 0.6) is 0 Å². The van der Waals surface area contributed by atoms with Gasteiger partial charge in [-0.3, -0.25) is 0 Å². The van der Waals surface area contributed by atoms with Crippen LogP contribution in [-0.2, 0) is 4.74 Å². The van der Waals surface area contributed by atoms with Gasteiger partial charge in [0.15, 0.2) is 0 Å². The van der Waals surface area contributed by atoms with Gasteiger partial charge in [0.2, 0.25) is 0 Å². The molecule has 0 bridgehead atoms. The van der Waals surface area contributed by atoms with E-state index in [2.05, 4.69) is 12.2 Å². The lowest BCUT2D eigenvalue weighted by atomic mass is 10.0. The van der Waals surface area contributed by atoms with E-state index in [0.717, 1.165) is 11.6 Å². The predicted octanol–water partition coefficient (Wildman–Crippen LogP) is 3.48. The van der Waals surface area contributed by atoms with Gasteiger partial charge in [-0.05, 0) is 44.2 Å². The highest BCUT2D eigenvalue weighted by molar-refractivity contribution is 7.10. The monoisotopic (exact) mass is 259 g/mol. The van der Waals surface area contributed by atoms with E-state index in [1.165, 1.54) is 17.7 Å². The van der Waals surface area contributed by atoms with Gasteiger partial charge in [-0.15, -0.1) is 11.3 Å². The molecule has 0 aromatic carbocycles. The first-order chi connectivity index (χ1) is 7.77. The lowest BCUT2D eigenvalue weighted by Crippen LogP contribution is -2.33. The standard InChI is InChI=1S/C12H18ClNOS/c1-3-15-11(8-4-5-8)10(14-2)12-9(13)6-7-16-12/h6-8,10-11,14H,3-5H2,1-2H3. The third-order valence-corrected chi connectivity index (χ3v) is 4.45. The molecule has 90 valence electrons. The van der Waals surface area contributed by atoms with Gasteiger partial charge < -0.3 is 10.1 Å². The number of ether oxygens (including phenoxy) is 1. The van der Waals surface area contributed by atoms with Crippen LogP contribution in [0, 0.1) is 5.92 Å². The molecule has 1 aromatic heterocycles. The molecule has 2 atom stereocenters. The Hall–Kier alpha value is -0.0900. The summed E-state index contributed by atoms with van der Waals surface area (Å²) in [4.78, 5) is 1.20.